The van der Waals surface area contributed by atoms with Gasteiger partial charge in [-0.25, -0.2) is 4.39 Å². The standard InChI is InChI=1S/C21H21ClFN3O4/c22-18-12-15(23)3-6-17(18)21(29)26-9-7-25(8-10-26)20(28)13-30-16-4-1-14(2-5-16)11-19(24)27/h1-6,12H,7-11,13H2,(H2,24,27). The van der Waals surface area contributed by atoms with E-state index in [1.54, 1.807) is 34.1 Å². The number of hydrogen-bond acceptors (Lipinski definition) is 4. The molecule has 1 aliphatic heterocycles. The van der Waals surface area contributed by atoms with Gasteiger partial charge in [0.25, 0.3) is 11.8 Å². The summed E-state index contributed by atoms with van der Waals surface area (Å²) in [7, 11) is 0. The van der Waals surface area contributed by atoms with E-state index in [9.17, 15) is 18.8 Å². The summed E-state index contributed by atoms with van der Waals surface area (Å²) in [5.74, 6) is -0.897. The Morgan fingerprint density at radius 3 is 2.23 bits per heavy atom. The van der Waals surface area contributed by atoms with Gasteiger partial charge in [-0.1, -0.05) is 23.7 Å². The van der Waals surface area contributed by atoms with Gasteiger partial charge in [0.1, 0.15) is 11.6 Å². The Morgan fingerprint density at radius 1 is 1.00 bits per heavy atom. The number of benzene rings is 2. The maximum Gasteiger partial charge on any atom is 0.260 e. The van der Waals surface area contributed by atoms with E-state index in [0.29, 0.717) is 31.9 Å². The predicted octanol–water partition coefficient (Wildman–Crippen LogP) is 1.87. The molecule has 0 atom stereocenters. The number of rotatable bonds is 6. The minimum absolute atomic E-state index is 0.0637. The van der Waals surface area contributed by atoms with E-state index in [4.69, 9.17) is 22.1 Å². The molecule has 1 saturated heterocycles. The van der Waals surface area contributed by atoms with Gasteiger partial charge in [-0.3, -0.25) is 14.4 Å². The van der Waals surface area contributed by atoms with Crippen molar-refractivity contribution in [1.82, 2.24) is 9.80 Å². The Bertz CT molecular complexity index is 944. The van der Waals surface area contributed by atoms with Crippen LogP contribution in [-0.2, 0) is 16.0 Å². The summed E-state index contributed by atoms with van der Waals surface area (Å²) >= 11 is 5.97. The van der Waals surface area contributed by atoms with Crippen LogP contribution in [0.1, 0.15) is 15.9 Å². The molecule has 2 aromatic carbocycles. The number of nitrogens with two attached hydrogens (primary N) is 1. The molecule has 158 valence electrons. The number of nitrogens with zero attached hydrogens (tertiary/aromatic N) is 2. The summed E-state index contributed by atoms with van der Waals surface area (Å²) in [6.45, 7) is 1.29. The lowest BCUT2D eigenvalue weighted by Crippen LogP contribution is -2.51. The van der Waals surface area contributed by atoms with Crippen LogP contribution in [0.15, 0.2) is 42.5 Å². The average Bonchev–Trinajstić information content (AvgIpc) is 2.72. The third-order valence-corrected chi connectivity index (χ3v) is 5.06. The van der Waals surface area contributed by atoms with Crippen LogP contribution < -0.4 is 10.5 Å². The molecule has 0 spiro atoms. The fourth-order valence-corrected chi connectivity index (χ4v) is 3.38. The average molecular weight is 434 g/mol. The smallest absolute Gasteiger partial charge is 0.260 e. The van der Waals surface area contributed by atoms with Crippen LogP contribution in [0.3, 0.4) is 0 Å². The molecule has 0 radical (unpaired) electrons. The molecule has 2 N–H and O–H groups in total. The van der Waals surface area contributed by atoms with E-state index in [1.165, 1.54) is 12.1 Å². The summed E-state index contributed by atoms with van der Waals surface area (Å²) in [4.78, 5) is 39.1. The number of carbonyl (C=O) groups is 3. The topological polar surface area (TPSA) is 92.9 Å². The SMILES string of the molecule is NC(=O)Cc1ccc(OCC(=O)N2CCN(C(=O)c3ccc(F)cc3Cl)CC2)cc1. The van der Waals surface area contributed by atoms with E-state index >= 15 is 0 Å². The molecule has 3 amide bonds. The van der Waals surface area contributed by atoms with Gasteiger partial charge in [-0.15, -0.1) is 0 Å². The Labute approximate surface area is 178 Å². The van der Waals surface area contributed by atoms with E-state index in [2.05, 4.69) is 0 Å². The van der Waals surface area contributed by atoms with Gasteiger partial charge in [-0.05, 0) is 35.9 Å². The van der Waals surface area contributed by atoms with Gasteiger partial charge in [0.05, 0.1) is 17.0 Å². The monoisotopic (exact) mass is 433 g/mol. The molecule has 7 nitrogen and oxygen atoms in total. The molecular weight excluding hydrogens is 413 g/mol. The molecule has 0 aromatic heterocycles. The largest absolute Gasteiger partial charge is 0.484 e. The molecule has 30 heavy (non-hydrogen) atoms. The van der Waals surface area contributed by atoms with Gasteiger partial charge in [0.2, 0.25) is 5.91 Å². The second-order valence-electron chi connectivity index (χ2n) is 6.87. The minimum Gasteiger partial charge on any atom is -0.484 e. The lowest BCUT2D eigenvalue weighted by molar-refractivity contribution is -0.134. The molecule has 1 fully saturated rings. The second kappa shape index (κ2) is 9.58. The van der Waals surface area contributed by atoms with Crippen molar-refractivity contribution in [3.05, 3.63) is 64.4 Å². The van der Waals surface area contributed by atoms with Crippen molar-refractivity contribution < 1.29 is 23.5 Å². The lowest BCUT2D eigenvalue weighted by atomic mass is 10.1. The van der Waals surface area contributed by atoms with Crippen molar-refractivity contribution in [3.63, 3.8) is 0 Å². The number of piperazine rings is 1. The molecular formula is C21H21ClFN3O4. The number of ether oxygens (including phenoxy) is 1. The van der Waals surface area contributed by atoms with Gasteiger partial charge in [0, 0.05) is 26.2 Å². The van der Waals surface area contributed by atoms with Crippen molar-refractivity contribution in [3.8, 4) is 5.75 Å². The van der Waals surface area contributed by atoms with Crippen LogP contribution in [-0.4, -0.2) is 60.3 Å². The zero-order chi connectivity index (χ0) is 21.7. The zero-order valence-corrected chi connectivity index (χ0v) is 16.9. The maximum absolute atomic E-state index is 13.2. The Kier molecular flexibility index (Phi) is 6.89. The number of amides is 3. The zero-order valence-electron chi connectivity index (χ0n) is 16.1. The van der Waals surface area contributed by atoms with E-state index in [1.807, 2.05) is 0 Å². The molecule has 0 saturated carbocycles. The van der Waals surface area contributed by atoms with Crippen molar-refractivity contribution in [1.29, 1.82) is 0 Å². The highest BCUT2D eigenvalue weighted by Gasteiger charge is 2.26. The second-order valence-corrected chi connectivity index (χ2v) is 7.28. The third-order valence-electron chi connectivity index (χ3n) is 4.75. The van der Waals surface area contributed by atoms with Crippen LogP contribution in [0.5, 0.6) is 5.75 Å². The molecule has 1 aliphatic rings. The molecule has 9 heteroatoms. The summed E-state index contributed by atoms with van der Waals surface area (Å²) < 4.78 is 18.7. The first-order valence-electron chi connectivity index (χ1n) is 9.35. The highest BCUT2D eigenvalue weighted by Crippen LogP contribution is 2.20. The van der Waals surface area contributed by atoms with Gasteiger partial charge >= 0.3 is 0 Å². The first kappa shape index (κ1) is 21.6. The summed E-state index contributed by atoms with van der Waals surface area (Å²) in [6, 6.07) is 10.4. The summed E-state index contributed by atoms with van der Waals surface area (Å²) in [6.07, 6.45) is 0.144. The quantitative estimate of drug-likeness (QED) is 0.752. The fourth-order valence-electron chi connectivity index (χ4n) is 3.13. The lowest BCUT2D eigenvalue weighted by Gasteiger charge is -2.34. The van der Waals surface area contributed by atoms with E-state index in [0.717, 1.165) is 11.6 Å². The Hall–Kier alpha value is -3.13. The third kappa shape index (κ3) is 5.48. The van der Waals surface area contributed by atoms with Crippen molar-refractivity contribution >= 4 is 29.3 Å². The number of halogens is 2. The molecule has 0 unspecified atom stereocenters. The van der Waals surface area contributed by atoms with Crippen LogP contribution >= 0.6 is 11.6 Å². The first-order chi connectivity index (χ1) is 14.3. The number of hydrogen-bond donors (Lipinski definition) is 1. The Balaban J connectivity index is 1.48. The molecule has 2 aromatic rings. The molecule has 0 bridgehead atoms. The summed E-state index contributed by atoms with van der Waals surface area (Å²) in [5, 5.41) is 0.0637. The van der Waals surface area contributed by atoms with E-state index < -0.39 is 11.7 Å². The normalized spacial score (nSPS) is 13.8. The number of primary amides is 1. The number of carbonyl (C=O) groups excluding carboxylic acids is 3. The van der Waals surface area contributed by atoms with Crippen LogP contribution in [0.4, 0.5) is 4.39 Å². The molecule has 0 aliphatic carbocycles. The van der Waals surface area contributed by atoms with Crippen molar-refractivity contribution in [2.75, 3.05) is 32.8 Å². The summed E-state index contributed by atoms with van der Waals surface area (Å²) in [5.41, 5.74) is 6.16. The van der Waals surface area contributed by atoms with Crippen LogP contribution in [0.2, 0.25) is 5.02 Å². The highest BCUT2D eigenvalue weighted by atomic mass is 35.5. The van der Waals surface area contributed by atoms with Gasteiger partial charge in [0.15, 0.2) is 6.61 Å². The first-order valence-corrected chi connectivity index (χ1v) is 9.73. The minimum atomic E-state index is -0.505. The van der Waals surface area contributed by atoms with Crippen LogP contribution in [0.25, 0.3) is 0 Å². The van der Waals surface area contributed by atoms with Gasteiger partial charge < -0.3 is 20.3 Å². The fraction of sp³-hybridized carbons (Fsp3) is 0.286. The highest BCUT2D eigenvalue weighted by molar-refractivity contribution is 6.33. The Morgan fingerprint density at radius 2 is 1.63 bits per heavy atom. The van der Waals surface area contributed by atoms with Crippen molar-refractivity contribution in [2.45, 2.75) is 6.42 Å². The predicted molar refractivity (Wildman–Crippen MR) is 109 cm³/mol. The molecule has 1 heterocycles. The van der Waals surface area contributed by atoms with Crippen molar-refractivity contribution in [2.24, 2.45) is 5.73 Å². The molecule has 3 rings (SSSR count). The van der Waals surface area contributed by atoms with Crippen LogP contribution in [0, 0.1) is 5.82 Å². The van der Waals surface area contributed by atoms with E-state index in [-0.39, 0.29) is 35.4 Å². The maximum atomic E-state index is 13.2. The van der Waals surface area contributed by atoms with Gasteiger partial charge in [-0.2, -0.15) is 0 Å².